The standard InChI is InChI=1S/C18H15Cl2N3O4S/c1-28(25,26)14-6-7-16(20)15(8-14)18(24)27-17(9-23-11-21-10-22-23)12-2-4-13(19)5-3-12/h2-8,10-11,17H,9H2,1H3. The molecule has 146 valence electrons. The fourth-order valence-electron chi connectivity index (χ4n) is 2.47. The highest BCUT2D eigenvalue weighted by Crippen LogP contribution is 2.26. The van der Waals surface area contributed by atoms with E-state index in [0.717, 1.165) is 6.26 Å². The third-order valence-corrected chi connectivity index (χ3v) is 5.59. The molecule has 7 nitrogen and oxygen atoms in total. The Bertz CT molecular complexity index is 1080. The summed E-state index contributed by atoms with van der Waals surface area (Å²) in [5.41, 5.74) is 0.644. The maximum atomic E-state index is 12.8. The molecular formula is C18H15Cl2N3O4S. The van der Waals surface area contributed by atoms with Crippen LogP contribution in [0.2, 0.25) is 10.0 Å². The minimum atomic E-state index is -3.51. The number of sulfone groups is 1. The number of hydrogen-bond acceptors (Lipinski definition) is 6. The number of rotatable bonds is 6. The van der Waals surface area contributed by atoms with Gasteiger partial charge in [-0.1, -0.05) is 35.3 Å². The van der Waals surface area contributed by atoms with Crippen molar-refractivity contribution in [3.63, 3.8) is 0 Å². The lowest BCUT2D eigenvalue weighted by Gasteiger charge is -2.19. The van der Waals surface area contributed by atoms with Crippen LogP contribution in [0.3, 0.4) is 0 Å². The van der Waals surface area contributed by atoms with E-state index in [4.69, 9.17) is 27.9 Å². The van der Waals surface area contributed by atoms with Crippen molar-refractivity contribution in [1.82, 2.24) is 14.8 Å². The van der Waals surface area contributed by atoms with Crippen LogP contribution in [0.4, 0.5) is 0 Å². The molecule has 10 heteroatoms. The van der Waals surface area contributed by atoms with Crippen LogP contribution in [0, 0.1) is 0 Å². The number of aromatic nitrogens is 3. The van der Waals surface area contributed by atoms with E-state index in [1.54, 1.807) is 24.3 Å². The lowest BCUT2D eigenvalue weighted by molar-refractivity contribution is 0.0246. The highest BCUT2D eigenvalue weighted by molar-refractivity contribution is 7.90. The molecule has 0 aliphatic heterocycles. The van der Waals surface area contributed by atoms with Gasteiger partial charge < -0.3 is 4.74 Å². The monoisotopic (exact) mass is 439 g/mol. The molecule has 1 unspecified atom stereocenters. The van der Waals surface area contributed by atoms with Gasteiger partial charge in [0.25, 0.3) is 0 Å². The molecule has 3 aromatic rings. The second kappa shape index (κ2) is 8.30. The Balaban J connectivity index is 1.92. The number of hydrogen-bond donors (Lipinski definition) is 0. The zero-order valence-corrected chi connectivity index (χ0v) is 16.9. The highest BCUT2D eigenvalue weighted by atomic mass is 35.5. The first-order valence-electron chi connectivity index (χ1n) is 8.02. The van der Waals surface area contributed by atoms with Gasteiger partial charge in [-0.2, -0.15) is 5.10 Å². The van der Waals surface area contributed by atoms with Crippen LogP contribution in [0.5, 0.6) is 0 Å². The van der Waals surface area contributed by atoms with Crippen molar-refractivity contribution in [2.24, 2.45) is 0 Å². The summed E-state index contributed by atoms with van der Waals surface area (Å²) in [6.07, 6.45) is 3.19. The Morgan fingerprint density at radius 1 is 1.18 bits per heavy atom. The molecule has 2 aromatic carbocycles. The first-order valence-corrected chi connectivity index (χ1v) is 10.7. The second-order valence-electron chi connectivity index (χ2n) is 5.98. The van der Waals surface area contributed by atoms with Gasteiger partial charge in [0.15, 0.2) is 9.84 Å². The predicted molar refractivity (Wildman–Crippen MR) is 104 cm³/mol. The fourth-order valence-corrected chi connectivity index (χ4v) is 3.44. The summed E-state index contributed by atoms with van der Waals surface area (Å²) in [6, 6.07) is 10.7. The normalized spacial score (nSPS) is 12.5. The molecule has 0 spiro atoms. The maximum Gasteiger partial charge on any atom is 0.340 e. The van der Waals surface area contributed by atoms with Gasteiger partial charge in [-0.15, -0.1) is 0 Å². The van der Waals surface area contributed by atoms with Crippen LogP contribution in [-0.4, -0.2) is 35.4 Å². The Hall–Kier alpha value is -2.42. The highest BCUT2D eigenvalue weighted by Gasteiger charge is 2.22. The lowest BCUT2D eigenvalue weighted by atomic mass is 10.1. The molecule has 0 fully saturated rings. The summed E-state index contributed by atoms with van der Waals surface area (Å²) in [7, 11) is -3.51. The number of carbonyl (C=O) groups excluding carboxylic acids is 1. The van der Waals surface area contributed by atoms with Crippen LogP contribution >= 0.6 is 23.2 Å². The van der Waals surface area contributed by atoms with Crippen LogP contribution in [0.25, 0.3) is 0 Å². The van der Waals surface area contributed by atoms with Gasteiger partial charge in [-0.3, -0.25) is 0 Å². The number of nitrogens with zero attached hydrogens (tertiary/aromatic N) is 3. The van der Waals surface area contributed by atoms with Crippen molar-refractivity contribution >= 4 is 39.0 Å². The molecule has 0 saturated heterocycles. The molecule has 0 aliphatic carbocycles. The van der Waals surface area contributed by atoms with Gasteiger partial charge in [-0.25, -0.2) is 22.9 Å². The Morgan fingerprint density at radius 3 is 2.50 bits per heavy atom. The van der Waals surface area contributed by atoms with E-state index < -0.39 is 21.9 Å². The molecule has 1 atom stereocenters. The molecule has 28 heavy (non-hydrogen) atoms. The minimum Gasteiger partial charge on any atom is -0.452 e. The molecule has 0 saturated carbocycles. The van der Waals surface area contributed by atoms with E-state index in [2.05, 4.69) is 10.1 Å². The summed E-state index contributed by atoms with van der Waals surface area (Å²) in [6.45, 7) is 0.205. The Labute approximate surface area is 171 Å². The van der Waals surface area contributed by atoms with Gasteiger partial charge in [-0.05, 0) is 35.9 Å². The minimum absolute atomic E-state index is 0.0248. The molecule has 0 N–H and O–H groups in total. The van der Waals surface area contributed by atoms with E-state index in [1.807, 2.05) is 0 Å². The SMILES string of the molecule is CS(=O)(=O)c1ccc(Cl)c(C(=O)OC(Cn2cncn2)c2ccc(Cl)cc2)c1. The first kappa shape index (κ1) is 20.3. The van der Waals surface area contributed by atoms with Crippen LogP contribution in [0.15, 0.2) is 60.0 Å². The van der Waals surface area contributed by atoms with Gasteiger partial charge in [0.2, 0.25) is 0 Å². The van der Waals surface area contributed by atoms with E-state index in [-0.39, 0.29) is 22.0 Å². The molecular weight excluding hydrogens is 425 g/mol. The number of benzene rings is 2. The largest absolute Gasteiger partial charge is 0.452 e. The Kier molecular flexibility index (Phi) is 6.02. The number of carbonyl (C=O) groups is 1. The van der Waals surface area contributed by atoms with Crippen molar-refractivity contribution in [3.05, 3.63) is 76.3 Å². The van der Waals surface area contributed by atoms with Crippen LogP contribution in [-0.2, 0) is 21.1 Å². The molecule has 1 aromatic heterocycles. The topological polar surface area (TPSA) is 91.2 Å². The average Bonchev–Trinajstić information content (AvgIpc) is 3.14. The summed E-state index contributed by atoms with van der Waals surface area (Å²) in [4.78, 5) is 16.6. The van der Waals surface area contributed by atoms with Crippen LogP contribution in [0.1, 0.15) is 22.0 Å². The van der Waals surface area contributed by atoms with Crippen molar-refractivity contribution in [2.45, 2.75) is 17.5 Å². The summed E-state index contributed by atoms with van der Waals surface area (Å²) >= 11 is 12.0. The summed E-state index contributed by atoms with van der Waals surface area (Å²) < 4.78 is 30.7. The molecule has 0 bridgehead atoms. The molecule has 0 aliphatic rings. The molecule has 1 heterocycles. The van der Waals surface area contributed by atoms with Crippen LogP contribution < -0.4 is 0 Å². The average molecular weight is 440 g/mol. The van der Waals surface area contributed by atoms with E-state index in [1.165, 1.54) is 35.5 Å². The molecule has 0 amide bonds. The third-order valence-electron chi connectivity index (χ3n) is 3.90. The molecule has 0 radical (unpaired) electrons. The Morgan fingerprint density at radius 2 is 1.89 bits per heavy atom. The quantitative estimate of drug-likeness (QED) is 0.544. The number of halogens is 2. The summed E-state index contributed by atoms with van der Waals surface area (Å²) in [5, 5.41) is 4.66. The summed E-state index contributed by atoms with van der Waals surface area (Å²) in [5.74, 6) is -0.754. The second-order valence-corrected chi connectivity index (χ2v) is 8.84. The maximum absolute atomic E-state index is 12.8. The fraction of sp³-hybridized carbons (Fsp3) is 0.167. The zero-order valence-electron chi connectivity index (χ0n) is 14.6. The number of esters is 1. The van der Waals surface area contributed by atoms with Crippen molar-refractivity contribution in [1.29, 1.82) is 0 Å². The van der Waals surface area contributed by atoms with E-state index in [9.17, 15) is 13.2 Å². The van der Waals surface area contributed by atoms with Gasteiger partial charge in [0.1, 0.15) is 18.8 Å². The van der Waals surface area contributed by atoms with Gasteiger partial charge >= 0.3 is 5.97 Å². The first-order chi connectivity index (χ1) is 13.2. The van der Waals surface area contributed by atoms with Gasteiger partial charge in [0, 0.05) is 11.3 Å². The van der Waals surface area contributed by atoms with Crippen molar-refractivity contribution in [2.75, 3.05) is 6.26 Å². The van der Waals surface area contributed by atoms with E-state index >= 15 is 0 Å². The third kappa shape index (κ3) is 4.89. The molecule has 3 rings (SSSR count). The smallest absolute Gasteiger partial charge is 0.340 e. The van der Waals surface area contributed by atoms with E-state index in [0.29, 0.717) is 10.6 Å². The number of ether oxygens (including phenoxy) is 1. The van der Waals surface area contributed by atoms with Crippen molar-refractivity contribution < 1.29 is 17.9 Å². The zero-order chi connectivity index (χ0) is 20.3. The predicted octanol–water partition coefficient (Wildman–Crippen LogP) is 3.59. The van der Waals surface area contributed by atoms with Crippen molar-refractivity contribution in [3.8, 4) is 0 Å². The van der Waals surface area contributed by atoms with Gasteiger partial charge in [0.05, 0.1) is 22.0 Å². The lowest BCUT2D eigenvalue weighted by Crippen LogP contribution is -2.18.